The zero-order valence-corrected chi connectivity index (χ0v) is 14.9. The summed E-state index contributed by atoms with van der Waals surface area (Å²) in [6.07, 6.45) is 6.06. The number of methoxy groups -OCH3 is 1. The lowest BCUT2D eigenvalue weighted by atomic mass is 10.1. The van der Waals surface area contributed by atoms with Crippen LogP contribution in [-0.2, 0) is 11.2 Å². The predicted octanol–water partition coefficient (Wildman–Crippen LogP) is 2.05. The molecular weight excluding hydrogens is 332 g/mol. The summed E-state index contributed by atoms with van der Waals surface area (Å²) in [6, 6.07) is 7.94. The highest BCUT2D eigenvalue weighted by Gasteiger charge is 2.16. The van der Waals surface area contributed by atoms with E-state index in [0.717, 1.165) is 31.6 Å². The van der Waals surface area contributed by atoms with Crippen molar-refractivity contribution in [3.05, 3.63) is 47.8 Å². The molecule has 2 aromatic rings. The monoisotopic (exact) mass is 356 g/mol. The summed E-state index contributed by atoms with van der Waals surface area (Å²) in [5.41, 5.74) is 1.61. The van der Waals surface area contributed by atoms with Gasteiger partial charge < -0.3 is 20.1 Å². The van der Waals surface area contributed by atoms with Gasteiger partial charge in [0.05, 0.1) is 18.8 Å². The van der Waals surface area contributed by atoms with E-state index in [9.17, 15) is 4.79 Å². The second-order valence-corrected chi connectivity index (χ2v) is 6.17. The molecule has 0 bridgehead atoms. The highest BCUT2D eigenvalue weighted by atomic mass is 16.5. The molecule has 1 aliphatic rings. The van der Waals surface area contributed by atoms with E-state index in [0.29, 0.717) is 24.6 Å². The van der Waals surface area contributed by atoms with E-state index in [1.54, 1.807) is 7.11 Å². The second-order valence-electron chi connectivity index (χ2n) is 6.17. The summed E-state index contributed by atoms with van der Waals surface area (Å²) in [6.45, 7) is 2.00. The number of amides is 1. The first kappa shape index (κ1) is 18.1. The van der Waals surface area contributed by atoms with Gasteiger partial charge in [0.15, 0.2) is 0 Å². The van der Waals surface area contributed by atoms with Crippen molar-refractivity contribution in [2.24, 2.45) is 0 Å². The SMILES string of the molecule is COc1cccc(CCNc2ncc(C(=O)NCC3CCCO3)cn2)c1. The molecule has 1 aliphatic heterocycles. The van der Waals surface area contributed by atoms with Crippen LogP contribution in [0, 0.1) is 0 Å². The van der Waals surface area contributed by atoms with E-state index in [2.05, 4.69) is 20.6 Å². The van der Waals surface area contributed by atoms with E-state index < -0.39 is 0 Å². The first-order valence-corrected chi connectivity index (χ1v) is 8.83. The van der Waals surface area contributed by atoms with Crippen molar-refractivity contribution in [1.82, 2.24) is 15.3 Å². The Morgan fingerprint density at radius 2 is 2.19 bits per heavy atom. The molecule has 1 fully saturated rings. The van der Waals surface area contributed by atoms with E-state index in [4.69, 9.17) is 9.47 Å². The molecule has 0 aliphatic carbocycles. The number of carbonyl (C=O) groups excluding carboxylic acids is 1. The Kier molecular flexibility index (Phi) is 6.38. The molecule has 1 aromatic heterocycles. The van der Waals surface area contributed by atoms with Crippen LogP contribution in [0.4, 0.5) is 5.95 Å². The molecule has 7 nitrogen and oxygen atoms in total. The molecule has 26 heavy (non-hydrogen) atoms. The third-order valence-electron chi connectivity index (χ3n) is 4.26. The maximum atomic E-state index is 12.1. The molecule has 138 valence electrons. The number of carbonyl (C=O) groups is 1. The summed E-state index contributed by atoms with van der Waals surface area (Å²) in [5.74, 6) is 1.17. The minimum atomic E-state index is -0.177. The lowest BCUT2D eigenvalue weighted by molar-refractivity contribution is 0.0857. The lowest BCUT2D eigenvalue weighted by Gasteiger charge is -2.10. The summed E-state index contributed by atoms with van der Waals surface area (Å²) < 4.78 is 10.7. The van der Waals surface area contributed by atoms with Crippen LogP contribution in [0.3, 0.4) is 0 Å². The number of rotatable bonds is 8. The summed E-state index contributed by atoms with van der Waals surface area (Å²) in [4.78, 5) is 20.5. The van der Waals surface area contributed by atoms with Crippen LogP contribution in [0.25, 0.3) is 0 Å². The van der Waals surface area contributed by atoms with Crippen molar-refractivity contribution in [3.8, 4) is 5.75 Å². The molecule has 2 heterocycles. The molecule has 1 unspecified atom stereocenters. The Labute approximate surface area is 153 Å². The highest BCUT2D eigenvalue weighted by Crippen LogP contribution is 2.13. The van der Waals surface area contributed by atoms with Gasteiger partial charge in [-0.1, -0.05) is 12.1 Å². The first-order chi connectivity index (χ1) is 12.7. The number of benzene rings is 1. The van der Waals surface area contributed by atoms with Crippen molar-refractivity contribution in [2.45, 2.75) is 25.4 Å². The van der Waals surface area contributed by atoms with Gasteiger partial charge in [-0.2, -0.15) is 0 Å². The van der Waals surface area contributed by atoms with Gasteiger partial charge in [-0.3, -0.25) is 4.79 Å². The number of nitrogens with zero attached hydrogens (tertiary/aromatic N) is 2. The topological polar surface area (TPSA) is 85.4 Å². The Bertz CT molecular complexity index is 715. The van der Waals surface area contributed by atoms with Crippen LogP contribution in [0.15, 0.2) is 36.7 Å². The van der Waals surface area contributed by atoms with Gasteiger partial charge in [0, 0.05) is 32.1 Å². The van der Waals surface area contributed by atoms with E-state index in [1.165, 1.54) is 18.0 Å². The summed E-state index contributed by atoms with van der Waals surface area (Å²) >= 11 is 0. The zero-order valence-electron chi connectivity index (χ0n) is 14.9. The number of ether oxygens (including phenoxy) is 2. The zero-order chi connectivity index (χ0) is 18.2. The molecule has 7 heteroatoms. The van der Waals surface area contributed by atoms with Crippen molar-refractivity contribution in [1.29, 1.82) is 0 Å². The quantitative estimate of drug-likeness (QED) is 0.753. The molecule has 0 radical (unpaired) electrons. The third-order valence-corrected chi connectivity index (χ3v) is 4.26. The van der Waals surface area contributed by atoms with E-state index in [1.807, 2.05) is 24.3 Å². The normalized spacial score (nSPS) is 16.3. The van der Waals surface area contributed by atoms with Gasteiger partial charge in [0.1, 0.15) is 5.75 Å². The molecule has 0 saturated carbocycles. The highest BCUT2D eigenvalue weighted by molar-refractivity contribution is 5.93. The Morgan fingerprint density at radius 1 is 1.35 bits per heavy atom. The van der Waals surface area contributed by atoms with Gasteiger partial charge in [-0.05, 0) is 37.0 Å². The van der Waals surface area contributed by atoms with Gasteiger partial charge >= 0.3 is 0 Å². The lowest BCUT2D eigenvalue weighted by Crippen LogP contribution is -2.31. The van der Waals surface area contributed by atoms with Gasteiger partial charge in [0.2, 0.25) is 5.95 Å². The van der Waals surface area contributed by atoms with E-state index >= 15 is 0 Å². The van der Waals surface area contributed by atoms with Gasteiger partial charge in [0.25, 0.3) is 5.91 Å². The maximum absolute atomic E-state index is 12.1. The van der Waals surface area contributed by atoms with Gasteiger partial charge in [-0.25, -0.2) is 9.97 Å². The van der Waals surface area contributed by atoms with Crippen LogP contribution < -0.4 is 15.4 Å². The maximum Gasteiger partial charge on any atom is 0.254 e. The molecule has 3 rings (SSSR count). The number of aromatic nitrogens is 2. The minimum Gasteiger partial charge on any atom is -0.497 e. The number of anilines is 1. The van der Waals surface area contributed by atoms with Gasteiger partial charge in [-0.15, -0.1) is 0 Å². The molecule has 1 saturated heterocycles. The Morgan fingerprint density at radius 3 is 2.92 bits per heavy atom. The number of nitrogens with one attached hydrogen (secondary N) is 2. The standard InChI is InChI=1S/C19H24N4O3/c1-25-16-5-2-4-14(10-16)7-8-20-19-22-11-15(12-23-19)18(24)21-13-17-6-3-9-26-17/h2,4-5,10-12,17H,3,6-9,13H2,1H3,(H,21,24)(H,20,22,23). The van der Waals surface area contributed by atoms with Crippen LogP contribution in [0.1, 0.15) is 28.8 Å². The average molecular weight is 356 g/mol. The smallest absolute Gasteiger partial charge is 0.254 e. The predicted molar refractivity (Wildman–Crippen MR) is 98.5 cm³/mol. The fourth-order valence-electron chi connectivity index (χ4n) is 2.80. The van der Waals surface area contributed by atoms with Crippen LogP contribution in [-0.4, -0.2) is 48.8 Å². The molecule has 1 atom stereocenters. The molecular formula is C19H24N4O3. The van der Waals surface area contributed by atoms with Crippen molar-refractivity contribution in [2.75, 3.05) is 32.1 Å². The molecule has 2 N–H and O–H groups in total. The number of hydrogen-bond acceptors (Lipinski definition) is 6. The minimum absolute atomic E-state index is 0.123. The molecule has 1 amide bonds. The fourth-order valence-corrected chi connectivity index (χ4v) is 2.80. The van der Waals surface area contributed by atoms with Crippen LogP contribution in [0.2, 0.25) is 0 Å². The average Bonchev–Trinajstić information content (AvgIpc) is 3.20. The van der Waals surface area contributed by atoms with Crippen molar-refractivity contribution >= 4 is 11.9 Å². The molecule has 1 aromatic carbocycles. The second kappa shape index (κ2) is 9.15. The van der Waals surface area contributed by atoms with Crippen molar-refractivity contribution in [3.63, 3.8) is 0 Å². The Hall–Kier alpha value is -2.67. The molecule has 0 spiro atoms. The van der Waals surface area contributed by atoms with Crippen LogP contribution >= 0.6 is 0 Å². The first-order valence-electron chi connectivity index (χ1n) is 8.83. The largest absolute Gasteiger partial charge is 0.497 e. The third kappa shape index (κ3) is 5.16. The van der Waals surface area contributed by atoms with E-state index in [-0.39, 0.29) is 12.0 Å². The summed E-state index contributed by atoms with van der Waals surface area (Å²) in [5, 5.41) is 6.02. The number of hydrogen-bond donors (Lipinski definition) is 2. The van der Waals surface area contributed by atoms with Crippen LogP contribution in [0.5, 0.6) is 5.75 Å². The summed E-state index contributed by atoms with van der Waals surface area (Å²) in [7, 11) is 1.66. The fraction of sp³-hybridized carbons (Fsp3) is 0.421. The Balaban J connectivity index is 1.44. The van der Waals surface area contributed by atoms with Crippen molar-refractivity contribution < 1.29 is 14.3 Å².